The van der Waals surface area contributed by atoms with Crippen molar-refractivity contribution in [1.29, 1.82) is 0 Å². The van der Waals surface area contributed by atoms with E-state index in [2.05, 4.69) is 10.3 Å². The Morgan fingerprint density at radius 3 is 2.74 bits per heavy atom. The van der Waals surface area contributed by atoms with E-state index in [1.54, 1.807) is 13.0 Å². The number of halogens is 1. The lowest BCUT2D eigenvalue weighted by atomic mass is 10.1. The van der Waals surface area contributed by atoms with E-state index in [1.807, 2.05) is 19.2 Å². The third-order valence-corrected chi connectivity index (χ3v) is 3.92. The lowest BCUT2D eigenvalue weighted by Gasteiger charge is -2.11. The highest BCUT2D eigenvalue weighted by Crippen LogP contribution is 2.18. The first-order valence-electron chi connectivity index (χ1n) is 5.96. The monoisotopic (exact) mass is 278 g/mol. The number of carbonyl (C=O) groups is 1. The van der Waals surface area contributed by atoms with Crippen molar-refractivity contribution in [3.8, 4) is 0 Å². The molecule has 19 heavy (non-hydrogen) atoms. The topological polar surface area (TPSA) is 42.0 Å². The van der Waals surface area contributed by atoms with Crippen LogP contribution in [0.3, 0.4) is 0 Å². The van der Waals surface area contributed by atoms with Crippen molar-refractivity contribution < 1.29 is 9.18 Å². The second kappa shape index (κ2) is 5.48. The van der Waals surface area contributed by atoms with Crippen molar-refractivity contribution in [3.05, 3.63) is 51.2 Å². The van der Waals surface area contributed by atoms with Crippen molar-refractivity contribution in [2.45, 2.75) is 26.8 Å². The summed E-state index contributed by atoms with van der Waals surface area (Å²) < 4.78 is 13.2. The molecule has 1 aromatic carbocycles. The lowest BCUT2D eigenvalue weighted by molar-refractivity contribution is 0.0939. The zero-order valence-electron chi connectivity index (χ0n) is 11.0. The number of hydrogen-bond donors (Lipinski definition) is 1. The van der Waals surface area contributed by atoms with Gasteiger partial charge in [-0.3, -0.25) is 4.79 Å². The first-order chi connectivity index (χ1) is 8.97. The zero-order valence-corrected chi connectivity index (χ0v) is 11.8. The first kappa shape index (κ1) is 13.7. The maximum atomic E-state index is 13.2. The molecule has 100 valence electrons. The molecule has 5 heteroatoms. The van der Waals surface area contributed by atoms with Crippen LogP contribution in [-0.4, -0.2) is 10.9 Å². The highest BCUT2D eigenvalue weighted by Gasteiger charge is 2.14. The van der Waals surface area contributed by atoms with E-state index in [4.69, 9.17) is 0 Å². The molecule has 0 aliphatic carbocycles. The van der Waals surface area contributed by atoms with Gasteiger partial charge in [0, 0.05) is 16.6 Å². The van der Waals surface area contributed by atoms with Crippen molar-refractivity contribution >= 4 is 17.2 Å². The van der Waals surface area contributed by atoms with Crippen LogP contribution >= 0.6 is 11.3 Å². The van der Waals surface area contributed by atoms with Crippen LogP contribution in [-0.2, 0) is 0 Å². The van der Waals surface area contributed by atoms with Gasteiger partial charge in [0.1, 0.15) is 10.8 Å². The van der Waals surface area contributed by atoms with Gasteiger partial charge in [0.25, 0.3) is 5.91 Å². The molecule has 1 amide bonds. The summed E-state index contributed by atoms with van der Waals surface area (Å²) in [5.41, 5.74) is 1.86. The molecule has 0 saturated carbocycles. The number of amides is 1. The fourth-order valence-electron chi connectivity index (χ4n) is 1.70. The van der Waals surface area contributed by atoms with Gasteiger partial charge in [-0.15, -0.1) is 11.3 Å². The van der Waals surface area contributed by atoms with Crippen LogP contribution in [0, 0.1) is 19.7 Å². The lowest BCUT2D eigenvalue weighted by Crippen LogP contribution is -2.26. The van der Waals surface area contributed by atoms with E-state index in [0.29, 0.717) is 11.1 Å². The number of nitrogens with one attached hydrogen (secondary N) is 1. The number of hydrogen-bond acceptors (Lipinski definition) is 3. The molecule has 1 atom stereocenters. The minimum atomic E-state index is -0.305. The van der Waals surface area contributed by atoms with E-state index in [-0.39, 0.29) is 17.8 Å². The number of rotatable bonds is 3. The maximum absolute atomic E-state index is 13.2. The number of nitrogens with zero attached hydrogens (tertiary/aromatic N) is 1. The van der Waals surface area contributed by atoms with Crippen LogP contribution < -0.4 is 5.32 Å². The Morgan fingerprint density at radius 1 is 1.42 bits per heavy atom. The van der Waals surface area contributed by atoms with Crippen molar-refractivity contribution in [3.63, 3.8) is 0 Å². The fraction of sp³-hybridized carbons (Fsp3) is 0.286. The Kier molecular flexibility index (Phi) is 3.95. The van der Waals surface area contributed by atoms with Crippen molar-refractivity contribution in [2.24, 2.45) is 0 Å². The van der Waals surface area contributed by atoms with Gasteiger partial charge in [0.2, 0.25) is 0 Å². The predicted octanol–water partition coefficient (Wildman–Crippen LogP) is 3.39. The van der Waals surface area contributed by atoms with Gasteiger partial charge in [-0.05, 0) is 44.5 Å². The molecular weight excluding hydrogens is 263 g/mol. The summed E-state index contributed by atoms with van der Waals surface area (Å²) in [5, 5.41) is 5.67. The standard InChI is InChI=1S/C14H15FN2OS/c1-8-6-11(4-5-12(8)15)13(18)17-10(3)14-16-9(2)7-19-14/h4-7,10H,1-3H3,(H,17,18). The molecule has 0 spiro atoms. The Hall–Kier alpha value is -1.75. The summed E-state index contributed by atoms with van der Waals surface area (Å²) in [6, 6.07) is 4.18. The molecule has 0 aliphatic heterocycles. The van der Waals surface area contributed by atoms with E-state index < -0.39 is 0 Å². The number of aryl methyl sites for hydroxylation is 2. The number of benzene rings is 1. The van der Waals surface area contributed by atoms with Crippen LogP contribution in [0.5, 0.6) is 0 Å². The van der Waals surface area contributed by atoms with Gasteiger partial charge < -0.3 is 5.32 Å². The molecule has 1 aromatic heterocycles. The Labute approximate surface area is 115 Å². The molecule has 0 radical (unpaired) electrons. The summed E-state index contributed by atoms with van der Waals surface area (Å²) in [6.07, 6.45) is 0. The highest BCUT2D eigenvalue weighted by atomic mass is 32.1. The number of aromatic nitrogens is 1. The third kappa shape index (κ3) is 3.17. The summed E-state index contributed by atoms with van der Waals surface area (Å²) in [7, 11) is 0. The molecule has 1 unspecified atom stereocenters. The van der Waals surface area contributed by atoms with E-state index in [0.717, 1.165) is 10.7 Å². The van der Waals surface area contributed by atoms with Crippen LogP contribution in [0.1, 0.15) is 39.6 Å². The minimum Gasteiger partial charge on any atom is -0.343 e. The van der Waals surface area contributed by atoms with Gasteiger partial charge in [0.15, 0.2) is 0 Å². The largest absolute Gasteiger partial charge is 0.343 e. The Balaban J connectivity index is 2.10. The van der Waals surface area contributed by atoms with E-state index in [9.17, 15) is 9.18 Å². The Bertz CT molecular complexity index is 609. The van der Waals surface area contributed by atoms with E-state index in [1.165, 1.54) is 23.5 Å². The molecule has 2 rings (SSSR count). The minimum absolute atomic E-state index is 0.156. The molecule has 0 bridgehead atoms. The number of thiazole rings is 1. The molecule has 0 aliphatic rings. The quantitative estimate of drug-likeness (QED) is 0.935. The van der Waals surface area contributed by atoms with Gasteiger partial charge in [-0.1, -0.05) is 0 Å². The van der Waals surface area contributed by atoms with Gasteiger partial charge in [-0.25, -0.2) is 9.37 Å². The normalized spacial score (nSPS) is 12.2. The second-order valence-electron chi connectivity index (χ2n) is 4.49. The summed E-state index contributed by atoms with van der Waals surface area (Å²) >= 11 is 1.51. The van der Waals surface area contributed by atoms with Gasteiger partial charge >= 0.3 is 0 Å². The maximum Gasteiger partial charge on any atom is 0.251 e. The van der Waals surface area contributed by atoms with Crippen molar-refractivity contribution in [2.75, 3.05) is 0 Å². The molecule has 1 heterocycles. The third-order valence-electron chi connectivity index (χ3n) is 2.77. The van der Waals surface area contributed by atoms with Gasteiger partial charge in [0.05, 0.1) is 6.04 Å². The average Bonchev–Trinajstić information content (AvgIpc) is 2.79. The van der Waals surface area contributed by atoms with Gasteiger partial charge in [-0.2, -0.15) is 0 Å². The summed E-state index contributed by atoms with van der Waals surface area (Å²) in [4.78, 5) is 16.4. The van der Waals surface area contributed by atoms with Crippen LogP contribution in [0.4, 0.5) is 4.39 Å². The number of carbonyl (C=O) groups excluding carboxylic acids is 1. The summed E-state index contributed by atoms with van der Waals surface area (Å²) in [5.74, 6) is -0.524. The molecule has 1 N–H and O–H groups in total. The Morgan fingerprint density at radius 2 is 2.16 bits per heavy atom. The molecule has 0 saturated heterocycles. The molecule has 0 fully saturated rings. The summed E-state index contributed by atoms with van der Waals surface area (Å²) in [6.45, 7) is 5.43. The first-order valence-corrected chi connectivity index (χ1v) is 6.84. The predicted molar refractivity (Wildman–Crippen MR) is 73.9 cm³/mol. The molecular formula is C14H15FN2OS. The molecule has 2 aromatic rings. The average molecular weight is 278 g/mol. The van der Waals surface area contributed by atoms with Crippen LogP contribution in [0.15, 0.2) is 23.6 Å². The fourth-order valence-corrected chi connectivity index (χ4v) is 2.50. The highest BCUT2D eigenvalue weighted by molar-refractivity contribution is 7.09. The second-order valence-corrected chi connectivity index (χ2v) is 5.38. The SMILES string of the molecule is Cc1csc(C(C)NC(=O)c2ccc(F)c(C)c2)n1. The van der Waals surface area contributed by atoms with Crippen LogP contribution in [0.25, 0.3) is 0 Å². The van der Waals surface area contributed by atoms with Crippen molar-refractivity contribution in [1.82, 2.24) is 10.3 Å². The smallest absolute Gasteiger partial charge is 0.251 e. The molecule has 3 nitrogen and oxygen atoms in total. The van der Waals surface area contributed by atoms with Crippen LogP contribution in [0.2, 0.25) is 0 Å². The van der Waals surface area contributed by atoms with E-state index >= 15 is 0 Å². The zero-order chi connectivity index (χ0) is 14.0.